The van der Waals surface area contributed by atoms with Gasteiger partial charge < -0.3 is 4.55 Å². The van der Waals surface area contributed by atoms with E-state index in [1.807, 2.05) is 0 Å². The summed E-state index contributed by atoms with van der Waals surface area (Å²) in [6.07, 6.45) is 0. The summed E-state index contributed by atoms with van der Waals surface area (Å²) in [5.41, 5.74) is 0. The molecule has 16 heavy (non-hydrogen) atoms. The Balaban J connectivity index is 0.00000225. The molecule has 0 bridgehead atoms. The van der Waals surface area contributed by atoms with E-state index in [4.69, 9.17) is 0 Å². The molecular weight excluding hydrogens is 267 g/mol. The van der Waals surface area contributed by atoms with Crippen molar-refractivity contribution in [2.24, 2.45) is 0 Å². The Kier molecular flexibility index (Phi) is 5.60. The van der Waals surface area contributed by atoms with Gasteiger partial charge in [-0.15, -0.1) is 0 Å². The van der Waals surface area contributed by atoms with Crippen LogP contribution in [0.5, 0.6) is 0 Å². The molecule has 0 aliphatic rings. The Hall–Kier alpha value is 0.0400. The Morgan fingerprint density at radius 3 is 1.88 bits per heavy atom. The van der Waals surface area contributed by atoms with E-state index >= 15 is 0 Å². The number of rotatable bonds is 3. The van der Waals surface area contributed by atoms with Crippen LogP contribution in [-0.4, -0.2) is 28.5 Å². The van der Waals surface area contributed by atoms with Crippen LogP contribution in [0.1, 0.15) is 0 Å². The summed E-state index contributed by atoms with van der Waals surface area (Å²) in [5.74, 6) is 0. The maximum Gasteiger partial charge on any atom is 1.00 e. The summed E-state index contributed by atoms with van der Waals surface area (Å²) < 4.78 is 58.8. The molecule has 0 fully saturated rings. The molecule has 0 saturated heterocycles. The molecule has 0 spiro atoms. The van der Waals surface area contributed by atoms with Gasteiger partial charge in [-0.3, -0.25) is 4.18 Å². The van der Waals surface area contributed by atoms with E-state index in [-0.39, 0.29) is 29.6 Å². The van der Waals surface area contributed by atoms with E-state index in [0.717, 1.165) is 19.2 Å². The number of hydrogen-bond donors (Lipinski definition) is 0. The van der Waals surface area contributed by atoms with E-state index in [1.165, 1.54) is 12.1 Å². The maximum atomic E-state index is 11.2. The van der Waals surface area contributed by atoms with Crippen molar-refractivity contribution in [1.29, 1.82) is 0 Å². The van der Waals surface area contributed by atoms with Crippen molar-refractivity contribution in [2.45, 2.75) is 9.79 Å². The normalized spacial score (nSPS) is 11.9. The maximum absolute atomic E-state index is 11.2. The van der Waals surface area contributed by atoms with Crippen LogP contribution in [0.4, 0.5) is 0 Å². The smallest absolute Gasteiger partial charge is 0.744 e. The molecular formula is C7H7NaO6S2. The zero-order valence-electron chi connectivity index (χ0n) is 8.58. The Labute approximate surface area is 116 Å². The largest absolute Gasteiger partial charge is 1.00 e. The second-order valence-electron chi connectivity index (χ2n) is 2.52. The van der Waals surface area contributed by atoms with Crippen LogP contribution < -0.4 is 29.6 Å². The molecule has 0 saturated carbocycles. The molecule has 0 N–H and O–H groups in total. The van der Waals surface area contributed by atoms with Gasteiger partial charge in [-0.2, -0.15) is 8.42 Å². The Bertz CT molecular complexity index is 562. The van der Waals surface area contributed by atoms with Crippen molar-refractivity contribution in [3.63, 3.8) is 0 Å². The average molecular weight is 274 g/mol. The fourth-order valence-corrected chi connectivity index (χ4v) is 2.86. The van der Waals surface area contributed by atoms with Crippen molar-refractivity contribution in [3.05, 3.63) is 24.3 Å². The van der Waals surface area contributed by atoms with Crippen LogP contribution in [0.15, 0.2) is 34.1 Å². The minimum Gasteiger partial charge on any atom is -0.744 e. The molecule has 0 atom stereocenters. The summed E-state index contributed by atoms with van der Waals surface area (Å²) in [6.45, 7) is 0. The van der Waals surface area contributed by atoms with E-state index in [1.54, 1.807) is 0 Å². The second-order valence-corrected chi connectivity index (χ2v) is 5.55. The number of benzene rings is 1. The van der Waals surface area contributed by atoms with Crippen molar-refractivity contribution < 1.29 is 55.1 Å². The standard InChI is InChI=1S/C7H8O6S2.Na/c1-13-15(11,12)7-5-3-2-4-6(7)14(8,9)10;/h2-5H,1H3,(H,8,9,10);/q;+1/p-1. The van der Waals surface area contributed by atoms with Gasteiger partial charge in [0.05, 0.1) is 12.0 Å². The van der Waals surface area contributed by atoms with Gasteiger partial charge in [-0.1, -0.05) is 12.1 Å². The molecule has 0 unspecified atom stereocenters. The first-order valence-corrected chi connectivity index (χ1v) is 6.46. The molecule has 0 heterocycles. The second kappa shape index (κ2) is 5.58. The molecule has 0 aromatic heterocycles. The Morgan fingerprint density at radius 1 is 1.06 bits per heavy atom. The van der Waals surface area contributed by atoms with E-state index in [2.05, 4.69) is 4.18 Å². The van der Waals surface area contributed by atoms with Crippen LogP contribution in [-0.2, 0) is 24.4 Å². The summed E-state index contributed by atoms with van der Waals surface area (Å²) in [7, 11) is -8.15. The van der Waals surface area contributed by atoms with Crippen molar-refractivity contribution in [2.75, 3.05) is 7.11 Å². The average Bonchev–Trinajstić information content (AvgIpc) is 2.16. The van der Waals surface area contributed by atoms with Crippen LogP contribution in [0.2, 0.25) is 0 Å². The molecule has 9 heteroatoms. The zero-order chi connectivity index (χ0) is 11.7. The fraction of sp³-hybridized carbons (Fsp3) is 0.143. The van der Waals surface area contributed by atoms with Crippen LogP contribution >= 0.6 is 0 Å². The van der Waals surface area contributed by atoms with Crippen LogP contribution in [0.25, 0.3) is 0 Å². The van der Waals surface area contributed by atoms with Gasteiger partial charge >= 0.3 is 29.6 Å². The molecule has 6 nitrogen and oxygen atoms in total. The predicted octanol–water partition coefficient (Wildman–Crippen LogP) is -3.07. The van der Waals surface area contributed by atoms with Gasteiger partial charge in [0.2, 0.25) is 0 Å². The minimum atomic E-state index is -4.84. The molecule has 1 aromatic carbocycles. The quantitative estimate of drug-likeness (QED) is 0.329. The fourth-order valence-electron chi connectivity index (χ4n) is 0.953. The van der Waals surface area contributed by atoms with Gasteiger partial charge in [0, 0.05) is 0 Å². The third-order valence-electron chi connectivity index (χ3n) is 1.61. The van der Waals surface area contributed by atoms with E-state index in [0.29, 0.717) is 0 Å². The van der Waals surface area contributed by atoms with Gasteiger partial charge in [-0.25, -0.2) is 8.42 Å². The van der Waals surface area contributed by atoms with Crippen LogP contribution in [0.3, 0.4) is 0 Å². The summed E-state index contributed by atoms with van der Waals surface area (Å²) in [4.78, 5) is -1.46. The molecule has 0 aliphatic carbocycles. The summed E-state index contributed by atoms with van der Waals surface area (Å²) in [5, 5.41) is 0. The molecule has 1 aromatic rings. The monoisotopic (exact) mass is 274 g/mol. The molecule has 0 aliphatic heterocycles. The third kappa shape index (κ3) is 3.52. The van der Waals surface area contributed by atoms with Gasteiger partial charge in [-0.05, 0) is 12.1 Å². The summed E-state index contributed by atoms with van der Waals surface area (Å²) >= 11 is 0. The van der Waals surface area contributed by atoms with Gasteiger partial charge in [0.25, 0.3) is 10.1 Å². The van der Waals surface area contributed by atoms with Crippen molar-refractivity contribution in [1.82, 2.24) is 0 Å². The van der Waals surface area contributed by atoms with Crippen LogP contribution in [0, 0.1) is 0 Å². The van der Waals surface area contributed by atoms with Crippen molar-refractivity contribution in [3.8, 4) is 0 Å². The van der Waals surface area contributed by atoms with Gasteiger partial charge in [0.15, 0.2) is 0 Å². The number of hydrogen-bond acceptors (Lipinski definition) is 6. The minimum absolute atomic E-state index is 0. The SMILES string of the molecule is COS(=O)(=O)c1ccccc1S(=O)(=O)[O-].[Na+]. The molecule has 1 rings (SSSR count). The Morgan fingerprint density at radius 2 is 1.50 bits per heavy atom. The predicted molar refractivity (Wildman–Crippen MR) is 48.6 cm³/mol. The first-order valence-electron chi connectivity index (χ1n) is 3.64. The first kappa shape index (κ1) is 16.0. The van der Waals surface area contributed by atoms with E-state index < -0.39 is 30.0 Å². The topological polar surface area (TPSA) is 101 Å². The molecule has 0 radical (unpaired) electrons. The third-order valence-corrected chi connectivity index (χ3v) is 3.96. The molecule has 0 amide bonds. The summed E-state index contributed by atoms with van der Waals surface area (Å²) in [6, 6.07) is 4.44. The van der Waals surface area contributed by atoms with Gasteiger partial charge in [0.1, 0.15) is 15.0 Å². The van der Waals surface area contributed by atoms with E-state index in [9.17, 15) is 21.4 Å². The first-order chi connectivity index (χ1) is 6.79. The molecule has 84 valence electrons. The van der Waals surface area contributed by atoms with Crippen molar-refractivity contribution >= 4 is 20.2 Å². The zero-order valence-corrected chi connectivity index (χ0v) is 12.2.